The zero-order valence-electron chi connectivity index (χ0n) is 62.8. The van der Waals surface area contributed by atoms with E-state index in [4.69, 9.17) is 10.5 Å². The van der Waals surface area contributed by atoms with Gasteiger partial charge in [-0.1, -0.05) is 323 Å². The van der Waals surface area contributed by atoms with Gasteiger partial charge in [0.15, 0.2) is 11.2 Å². The van der Waals surface area contributed by atoms with Crippen LogP contribution in [0.25, 0.3) is 11.2 Å². The minimum atomic E-state index is -1.25. The van der Waals surface area contributed by atoms with Gasteiger partial charge >= 0.3 is 11.9 Å². The summed E-state index contributed by atoms with van der Waals surface area (Å²) in [7, 11) is 0. The van der Waals surface area contributed by atoms with Gasteiger partial charge in [-0.15, -0.1) is 0 Å². The summed E-state index contributed by atoms with van der Waals surface area (Å²) in [4.78, 5) is 71.0. The number of benzene rings is 1. The first-order chi connectivity index (χ1) is 47.6. The molecule has 2 aromatic heterocycles. The fourth-order valence-corrected chi connectivity index (χ4v) is 13.6. The minimum Gasteiger partial charge on any atom is -0.480 e. The molecule has 0 fully saturated rings. The Labute approximate surface area is 592 Å². The highest BCUT2D eigenvalue weighted by atomic mass is 16.5. The van der Waals surface area contributed by atoms with E-state index in [0.717, 1.165) is 38.8 Å². The number of H-pyrrole nitrogens is 1. The molecule has 1 atom stereocenters. The molecule has 15 nitrogen and oxygen atoms in total. The Hall–Kier alpha value is -4.63. The molecule has 0 saturated heterocycles. The summed E-state index contributed by atoms with van der Waals surface area (Å²) in [6, 6.07) is 5.27. The maximum Gasteiger partial charge on any atom is 0.326 e. The monoisotopic (exact) mass is 1350 g/mol. The molecule has 2 heterocycles. The van der Waals surface area contributed by atoms with E-state index in [1.807, 2.05) is 0 Å². The number of aromatic nitrogens is 4. The zero-order valence-corrected chi connectivity index (χ0v) is 62.8. The van der Waals surface area contributed by atoms with E-state index in [1.54, 1.807) is 24.3 Å². The van der Waals surface area contributed by atoms with Gasteiger partial charge < -0.3 is 36.0 Å². The molecule has 15 heteroatoms. The lowest BCUT2D eigenvalue weighted by atomic mass is 10.0. The van der Waals surface area contributed by atoms with Crippen molar-refractivity contribution < 1.29 is 24.2 Å². The van der Waals surface area contributed by atoms with E-state index < -0.39 is 29.4 Å². The van der Waals surface area contributed by atoms with Gasteiger partial charge in [-0.25, -0.2) is 14.8 Å². The molecule has 1 unspecified atom stereocenters. The Bertz CT molecular complexity index is 2350. The summed E-state index contributed by atoms with van der Waals surface area (Å²) < 4.78 is 5.57. The van der Waals surface area contributed by atoms with Gasteiger partial charge in [-0.2, -0.15) is 4.98 Å². The van der Waals surface area contributed by atoms with E-state index in [1.165, 1.54) is 347 Å². The number of carbonyl (C=O) groups is 3. The maximum absolute atomic E-state index is 13.1. The second-order valence-electron chi connectivity index (χ2n) is 28.9. The molecule has 556 valence electrons. The van der Waals surface area contributed by atoms with Crippen molar-refractivity contribution in [3.63, 3.8) is 0 Å². The van der Waals surface area contributed by atoms with Crippen LogP contribution in [-0.2, 0) is 20.9 Å². The highest BCUT2D eigenvalue weighted by molar-refractivity contribution is 5.97. The SMILES string of the molecule is CCCCCCCCCCCCCCCCCCN(CCCCCCCCCCCCCCCCCC)CCCN(CCCCCCCCCCCCCCCCCC)CCCCCCOC(=O)CCC(NC(=O)c1ccc(NCc2cnc3nc(N)[nH]c(=O)c3n2)cc1)C(=O)O. The number of carboxylic acid groups (broad SMARTS) is 1. The van der Waals surface area contributed by atoms with E-state index >= 15 is 0 Å². The van der Waals surface area contributed by atoms with Crippen molar-refractivity contribution in [2.75, 3.05) is 56.9 Å². The summed E-state index contributed by atoms with van der Waals surface area (Å²) in [5.41, 5.74) is 6.78. The Morgan fingerprint density at radius 1 is 0.474 bits per heavy atom. The van der Waals surface area contributed by atoms with Gasteiger partial charge in [0.1, 0.15) is 6.04 Å². The normalized spacial score (nSPS) is 12.0. The van der Waals surface area contributed by atoms with Gasteiger partial charge in [0.2, 0.25) is 5.95 Å². The van der Waals surface area contributed by atoms with Crippen LogP contribution >= 0.6 is 0 Å². The Morgan fingerprint density at radius 2 is 0.814 bits per heavy atom. The number of aliphatic carboxylic acids is 1. The summed E-state index contributed by atoms with van der Waals surface area (Å²) >= 11 is 0. The number of fused-ring (bicyclic) bond motifs is 1. The predicted molar refractivity (Wildman–Crippen MR) is 410 cm³/mol. The molecule has 0 saturated carbocycles. The van der Waals surface area contributed by atoms with Gasteiger partial charge in [0.05, 0.1) is 25.0 Å². The number of hydrogen-bond acceptors (Lipinski definition) is 12. The average molecular weight is 1360 g/mol. The number of anilines is 2. The van der Waals surface area contributed by atoms with Crippen LogP contribution in [0.2, 0.25) is 0 Å². The molecule has 97 heavy (non-hydrogen) atoms. The number of carboxylic acids is 1. The standard InChI is InChI=1S/C82H147N9O6/c1-4-7-10-13-16-19-22-25-28-31-34-37-40-43-46-51-63-90(64-52-47-44-41-38-35-32-29-26-23-20-17-14-11-8-5-2)67-56-68-91(65-53-48-45-42-39-36-33-30-27-24-21-18-15-12-9-6-3)66-54-49-50-55-69-97-76(92)62-61-75(81(95)96)87-79(93)72-57-59-73(60-58-72)84-70-74-71-85-78-77(86-74)80(94)89-82(83)88-78/h57-60,71,75,84H,4-56,61-70H2,1-3H3,(H,87,93)(H,95,96)(H3,83,85,88,89,94). The fraction of sp³-hybridized carbons (Fsp3) is 0.817. The largest absolute Gasteiger partial charge is 0.480 e. The molecule has 0 radical (unpaired) electrons. The number of hydrogen-bond donors (Lipinski definition) is 5. The Morgan fingerprint density at radius 3 is 1.18 bits per heavy atom. The highest BCUT2D eigenvalue weighted by Gasteiger charge is 2.23. The summed E-state index contributed by atoms with van der Waals surface area (Å²) in [6.07, 6.45) is 73.9. The van der Waals surface area contributed by atoms with Crippen LogP contribution in [0.1, 0.15) is 390 Å². The first kappa shape index (κ1) is 86.6. The van der Waals surface area contributed by atoms with E-state index in [0.29, 0.717) is 18.0 Å². The van der Waals surface area contributed by atoms with Crippen molar-refractivity contribution in [2.24, 2.45) is 0 Å². The average Bonchev–Trinajstić information content (AvgIpc) is 0.849. The predicted octanol–water partition coefficient (Wildman–Crippen LogP) is 21.8. The number of ether oxygens (including phenoxy) is 1. The van der Waals surface area contributed by atoms with Crippen molar-refractivity contribution >= 4 is 40.6 Å². The molecule has 1 aromatic carbocycles. The molecule has 0 aliphatic heterocycles. The first-order valence-electron chi connectivity index (χ1n) is 41.1. The molecule has 6 N–H and O–H groups in total. The lowest BCUT2D eigenvalue weighted by Gasteiger charge is -2.26. The number of nitrogen functional groups attached to an aromatic ring is 1. The number of nitrogens with one attached hydrogen (secondary N) is 3. The molecule has 0 aliphatic carbocycles. The molecular formula is C82H147N9O6. The third-order valence-corrected chi connectivity index (χ3v) is 19.9. The smallest absolute Gasteiger partial charge is 0.326 e. The number of aromatic amines is 1. The van der Waals surface area contributed by atoms with Gasteiger partial charge in [-0.3, -0.25) is 19.4 Å². The van der Waals surface area contributed by atoms with Crippen molar-refractivity contribution in [3.8, 4) is 0 Å². The van der Waals surface area contributed by atoms with E-state index in [-0.39, 0.29) is 42.1 Å². The van der Waals surface area contributed by atoms with E-state index in [2.05, 4.69) is 61.1 Å². The van der Waals surface area contributed by atoms with Crippen LogP contribution in [0.15, 0.2) is 35.3 Å². The first-order valence-corrected chi connectivity index (χ1v) is 41.1. The third kappa shape index (κ3) is 48.7. The van der Waals surface area contributed by atoms with Crippen LogP contribution in [0.5, 0.6) is 0 Å². The van der Waals surface area contributed by atoms with Crippen molar-refractivity contribution in [1.29, 1.82) is 0 Å². The zero-order chi connectivity index (χ0) is 69.5. The van der Waals surface area contributed by atoms with Crippen LogP contribution in [0.4, 0.5) is 11.6 Å². The van der Waals surface area contributed by atoms with Crippen molar-refractivity contribution in [2.45, 2.75) is 387 Å². The minimum absolute atomic E-state index is 0.0378. The number of nitrogens with two attached hydrogens (primary N) is 1. The summed E-state index contributed by atoms with van der Waals surface area (Å²) in [6.45, 7) is 14.6. The number of rotatable bonds is 71. The van der Waals surface area contributed by atoms with Gasteiger partial charge in [0.25, 0.3) is 11.5 Å². The van der Waals surface area contributed by atoms with Crippen LogP contribution in [0.3, 0.4) is 0 Å². The summed E-state index contributed by atoms with van der Waals surface area (Å²) in [5.74, 6) is -2.28. The fourth-order valence-electron chi connectivity index (χ4n) is 13.6. The number of nitrogens with zero attached hydrogens (tertiary/aromatic N) is 5. The molecule has 0 spiro atoms. The van der Waals surface area contributed by atoms with Crippen molar-refractivity contribution in [3.05, 3.63) is 52.1 Å². The lowest BCUT2D eigenvalue weighted by Crippen LogP contribution is -2.41. The van der Waals surface area contributed by atoms with E-state index in [9.17, 15) is 24.3 Å². The number of carbonyl (C=O) groups excluding carboxylic acids is 2. The van der Waals surface area contributed by atoms with Gasteiger partial charge in [-0.05, 0) is 108 Å². The highest BCUT2D eigenvalue weighted by Crippen LogP contribution is 2.20. The topological polar surface area (TPSA) is 209 Å². The van der Waals surface area contributed by atoms with Crippen molar-refractivity contribution in [1.82, 2.24) is 35.1 Å². The number of unbranched alkanes of at least 4 members (excludes halogenated alkanes) is 48. The molecule has 1 amide bonds. The molecule has 0 bridgehead atoms. The van der Waals surface area contributed by atoms with Gasteiger partial charge in [0, 0.05) is 17.7 Å². The lowest BCUT2D eigenvalue weighted by molar-refractivity contribution is -0.144. The third-order valence-electron chi connectivity index (χ3n) is 19.9. The number of amides is 1. The molecular weight excluding hydrogens is 1210 g/mol. The second kappa shape index (κ2) is 62.4. The quantitative estimate of drug-likeness (QED) is 0.0264. The molecule has 3 rings (SSSR count). The van der Waals surface area contributed by atoms with Crippen LogP contribution in [-0.4, -0.2) is 105 Å². The van der Waals surface area contributed by atoms with Crippen LogP contribution in [0, 0.1) is 0 Å². The second-order valence-corrected chi connectivity index (χ2v) is 28.9. The summed E-state index contributed by atoms with van der Waals surface area (Å²) in [5, 5.41) is 15.7. The number of esters is 1. The molecule has 0 aliphatic rings. The molecule has 3 aromatic rings. The Kier molecular flexibility index (Phi) is 55.7. The van der Waals surface area contributed by atoms with Crippen LogP contribution < -0.4 is 21.9 Å². The maximum atomic E-state index is 13.1. The Balaban J connectivity index is 1.42.